The normalized spacial score (nSPS) is 14.8. The van der Waals surface area contributed by atoms with E-state index in [1.54, 1.807) is 18.2 Å². The van der Waals surface area contributed by atoms with E-state index in [0.717, 1.165) is 5.56 Å². The number of aliphatic hydroxyl groups excluding tert-OH is 2. The van der Waals surface area contributed by atoms with Gasteiger partial charge < -0.3 is 10.2 Å². The predicted octanol–water partition coefficient (Wildman–Crippen LogP) is 1.65. The maximum atomic E-state index is 9.68. The highest BCUT2D eigenvalue weighted by Crippen LogP contribution is 2.19. The molecule has 3 heteroatoms. The molecule has 0 spiro atoms. The maximum Gasteiger partial charge on any atom is 0.106 e. The second-order valence-corrected chi connectivity index (χ2v) is 3.43. The van der Waals surface area contributed by atoms with E-state index < -0.39 is 12.2 Å². The summed E-state index contributed by atoms with van der Waals surface area (Å²) in [5.74, 6) is 0.236. The third kappa shape index (κ3) is 2.61. The van der Waals surface area contributed by atoms with Gasteiger partial charge in [-0.1, -0.05) is 30.9 Å². The van der Waals surface area contributed by atoms with Crippen LogP contribution in [-0.2, 0) is 0 Å². The highest BCUT2D eigenvalue weighted by Gasteiger charge is 2.16. The fraction of sp³-hybridized carbons (Fsp3) is 0.273. The van der Waals surface area contributed by atoms with Crippen molar-refractivity contribution in [3.8, 4) is 0 Å². The highest BCUT2D eigenvalue weighted by molar-refractivity contribution is 7.80. The molecule has 0 saturated carbocycles. The van der Waals surface area contributed by atoms with Crippen molar-refractivity contribution in [2.75, 3.05) is 5.75 Å². The first-order chi connectivity index (χ1) is 6.69. The minimum absolute atomic E-state index is 0.236. The molecule has 0 saturated heterocycles. The van der Waals surface area contributed by atoms with Crippen LogP contribution >= 0.6 is 12.6 Å². The largest absolute Gasteiger partial charge is 0.389 e. The molecular formula is C11H14O2S. The summed E-state index contributed by atoms with van der Waals surface area (Å²) >= 11 is 3.92. The minimum Gasteiger partial charge on any atom is -0.389 e. The van der Waals surface area contributed by atoms with E-state index in [2.05, 4.69) is 19.2 Å². The van der Waals surface area contributed by atoms with Crippen LogP contribution in [0.15, 0.2) is 30.8 Å². The van der Waals surface area contributed by atoms with Crippen LogP contribution in [0.1, 0.15) is 17.2 Å². The number of hydrogen-bond acceptors (Lipinski definition) is 3. The highest BCUT2D eigenvalue weighted by atomic mass is 32.1. The molecule has 2 atom stereocenters. The van der Waals surface area contributed by atoms with Gasteiger partial charge >= 0.3 is 0 Å². The van der Waals surface area contributed by atoms with E-state index in [1.807, 2.05) is 12.1 Å². The predicted molar refractivity (Wildman–Crippen MR) is 61.4 cm³/mol. The van der Waals surface area contributed by atoms with E-state index in [9.17, 15) is 10.2 Å². The monoisotopic (exact) mass is 210 g/mol. The third-order valence-electron chi connectivity index (χ3n) is 2.04. The van der Waals surface area contributed by atoms with Crippen LogP contribution in [0.4, 0.5) is 0 Å². The maximum absolute atomic E-state index is 9.68. The number of thiol groups is 1. The fourth-order valence-corrected chi connectivity index (χ4v) is 1.39. The van der Waals surface area contributed by atoms with Gasteiger partial charge in [-0.25, -0.2) is 0 Å². The molecule has 1 aromatic carbocycles. The molecule has 1 aromatic rings. The summed E-state index contributed by atoms with van der Waals surface area (Å²) < 4.78 is 0. The van der Waals surface area contributed by atoms with Gasteiger partial charge in [0.05, 0.1) is 6.10 Å². The van der Waals surface area contributed by atoms with Crippen LogP contribution in [0.2, 0.25) is 0 Å². The van der Waals surface area contributed by atoms with Crippen LogP contribution in [0.3, 0.4) is 0 Å². The first-order valence-corrected chi connectivity index (χ1v) is 5.01. The Kier molecular flexibility index (Phi) is 4.20. The van der Waals surface area contributed by atoms with E-state index in [1.165, 1.54) is 0 Å². The summed E-state index contributed by atoms with van der Waals surface area (Å²) in [7, 11) is 0. The molecule has 0 bridgehead atoms. The Balaban J connectivity index is 2.89. The van der Waals surface area contributed by atoms with Crippen molar-refractivity contribution >= 4 is 18.7 Å². The van der Waals surface area contributed by atoms with Crippen molar-refractivity contribution in [3.05, 3.63) is 42.0 Å². The van der Waals surface area contributed by atoms with Crippen LogP contribution in [0.25, 0.3) is 6.08 Å². The quantitative estimate of drug-likeness (QED) is 0.661. The Morgan fingerprint density at radius 2 is 2.14 bits per heavy atom. The molecule has 0 aromatic heterocycles. The van der Waals surface area contributed by atoms with Crippen LogP contribution in [-0.4, -0.2) is 22.1 Å². The average molecular weight is 210 g/mol. The van der Waals surface area contributed by atoms with Crippen molar-refractivity contribution in [1.29, 1.82) is 0 Å². The fourth-order valence-electron chi connectivity index (χ4n) is 1.19. The smallest absolute Gasteiger partial charge is 0.106 e. The van der Waals surface area contributed by atoms with E-state index in [-0.39, 0.29) is 5.75 Å². The lowest BCUT2D eigenvalue weighted by molar-refractivity contribution is 0.0337. The van der Waals surface area contributed by atoms with Gasteiger partial charge in [0.1, 0.15) is 6.10 Å². The first-order valence-electron chi connectivity index (χ1n) is 4.38. The van der Waals surface area contributed by atoms with Gasteiger partial charge in [-0.05, 0) is 17.2 Å². The average Bonchev–Trinajstić information content (AvgIpc) is 2.27. The number of aliphatic hydroxyl groups is 2. The topological polar surface area (TPSA) is 40.5 Å². The van der Waals surface area contributed by atoms with Crippen LogP contribution in [0.5, 0.6) is 0 Å². The zero-order valence-electron chi connectivity index (χ0n) is 7.80. The molecule has 2 nitrogen and oxygen atoms in total. The Morgan fingerprint density at radius 3 is 2.71 bits per heavy atom. The lowest BCUT2D eigenvalue weighted by Crippen LogP contribution is -2.19. The van der Waals surface area contributed by atoms with Crippen molar-refractivity contribution in [2.24, 2.45) is 0 Å². The number of benzene rings is 1. The van der Waals surface area contributed by atoms with Gasteiger partial charge in [0, 0.05) is 5.75 Å². The molecule has 0 heterocycles. The molecule has 14 heavy (non-hydrogen) atoms. The van der Waals surface area contributed by atoms with E-state index >= 15 is 0 Å². The van der Waals surface area contributed by atoms with Gasteiger partial charge in [0.2, 0.25) is 0 Å². The third-order valence-corrected chi connectivity index (χ3v) is 2.41. The molecule has 2 N–H and O–H groups in total. The minimum atomic E-state index is -0.882. The SMILES string of the molecule is C=Cc1cccc(C(O)C(O)CS)c1. The van der Waals surface area contributed by atoms with Gasteiger partial charge in [-0.2, -0.15) is 12.6 Å². The Morgan fingerprint density at radius 1 is 1.43 bits per heavy atom. The molecule has 0 fully saturated rings. The Hall–Kier alpha value is -0.770. The number of rotatable bonds is 4. The van der Waals surface area contributed by atoms with Crippen LogP contribution < -0.4 is 0 Å². The standard InChI is InChI=1S/C11H14O2S/c1-2-8-4-3-5-9(6-8)11(13)10(12)7-14/h2-6,10-14H,1,7H2. The van der Waals surface area contributed by atoms with E-state index in [4.69, 9.17) is 0 Å². The summed E-state index contributed by atoms with van der Waals surface area (Å²) in [6.45, 7) is 3.64. The summed E-state index contributed by atoms with van der Waals surface area (Å²) in [6, 6.07) is 7.27. The van der Waals surface area contributed by atoms with Crippen molar-refractivity contribution in [1.82, 2.24) is 0 Å². The molecule has 2 unspecified atom stereocenters. The molecule has 0 amide bonds. The van der Waals surface area contributed by atoms with Gasteiger partial charge in [-0.15, -0.1) is 0 Å². The molecule has 0 aliphatic rings. The summed E-state index contributed by atoms with van der Waals surface area (Å²) in [4.78, 5) is 0. The zero-order valence-corrected chi connectivity index (χ0v) is 8.69. The lowest BCUT2D eigenvalue weighted by Gasteiger charge is -2.16. The molecule has 0 aliphatic carbocycles. The van der Waals surface area contributed by atoms with Crippen molar-refractivity contribution in [3.63, 3.8) is 0 Å². The molecule has 0 radical (unpaired) electrons. The first kappa shape index (κ1) is 11.3. The second-order valence-electron chi connectivity index (χ2n) is 3.07. The summed E-state index contributed by atoms with van der Waals surface area (Å²) in [5, 5.41) is 19.1. The summed E-state index contributed by atoms with van der Waals surface area (Å²) in [5.41, 5.74) is 1.61. The number of hydrogen-bond donors (Lipinski definition) is 3. The molecule has 1 rings (SSSR count). The van der Waals surface area contributed by atoms with Crippen molar-refractivity contribution < 1.29 is 10.2 Å². The molecular weight excluding hydrogens is 196 g/mol. The molecule has 0 aliphatic heterocycles. The Labute approximate surface area is 89.3 Å². The summed E-state index contributed by atoms with van der Waals surface area (Å²) in [6.07, 6.45) is -0.0191. The van der Waals surface area contributed by atoms with Crippen molar-refractivity contribution in [2.45, 2.75) is 12.2 Å². The molecule has 76 valence electrons. The van der Waals surface area contributed by atoms with E-state index in [0.29, 0.717) is 5.56 Å². The van der Waals surface area contributed by atoms with Crippen LogP contribution in [0, 0.1) is 0 Å². The van der Waals surface area contributed by atoms with Gasteiger partial charge in [0.25, 0.3) is 0 Å². The lowest BCUT2D eigenvalue weighted by atomic mass is 10.0. The van der Waals surface area contributed by atoms with Gasteiger partial charge in [0.15, 0.2) is 0 Å². The van der Waals surface area contributed by atoms with Gasteiger partial charge in [-0.3, -0.25) is 0 Å². The second kappa shape index (κ2) is 5.20. The Bertz CT molecular complexity index is 312. The zero-order chi connectivity index (χ0) is 10.6.